The molecule has 0 N–H and O–H groups in total. The van der Waals surface area contributed by atoms with Gasteiger partial charge in [-0.15, -0.1) is 0 Å². The first-order chi connectivity index (χ1) is 25.2. The number of hydrogen-bond acceptors (Lipinski definition) is 3. The van der Waals surface area contributed by atoms with E-state index in [1.807, 2.05) is 6.20 Å². The third-order valence-electron chi connectivity index (χ3n) is 10.6. The molecule has 0 unspecified atom stereocenters. The zero-order chi connectivity index (χ0) is 36.7. The highest BCUT2D eigenvalue weighted by Gasteiger charge is 2.23. The first-order valence-electron chi connectivity index (χ1n) is 22.3. The van der Waals surface area contributed by atoms with Crippen molar-refractivity contribution < 1.29 is 0 Å². The van der Waals surface area contributed by atoms with Crippen LogP contribution in [0.4, 0.5) is 0 Å². The Hall–Kier alpha value is -1.84. The van der Waals surface area contributed by atoms with Gasteiger partial charge in [0.25, 0.3) is 0 Å². The summed E-state index contributed by atoms with van der Waals surface area (Å²) < 4.78 is 0. The molecule has 1 saturated heterocycles. The van der Waals surface area contributed by atoms with Gasteiger partial charge in [-0.1, -0.05) is 165 Å². The van der Waals surface area contributed by atoms with Gasteiger partial charge in [0.2, 0.25) is 0 Å². The SMILES string of the molecule is C=CN(/C=C\C)CCN1CCN(C(CCCCCCCC/C=C\C/C=C\CCCCC)CCCCCCCC/C=C\C/C=C\CCCCC)CC1. The minimum Gasteiger partial charge on any atom is -0.354 e. The fourth-order valence-electron chi connectivity index (χ4n) is 7.27. The van der Waals surface area contributed by atoms with Crippen LogP contribution in [0.15, 0.2) is 73.7 Å². The minimum absolute atomic E-state index is 0.788. The standard InChI is InChI=1S/C48H87N3/c1-5-9-11-13-15-17-19-21-23-25-27-29-31-33-35-37-39-48(51-46-44-50(45-47-51)43-42-49(8-4)41-7-3)40-38-36-34-32-30-28-26-24-22-20-18-16-14-12-10-6-2/h7-8,15-18,21-24,41,48H,4-6,9-14,19-20,25-40,42-47H2,1-3H3/b17-15-,18-16-,23-21-,24-22-,41-7-. The molecule has 3 heteroatoms. The van der Waals surface area contributed by atoms with E-state index < -0.39 is 0 Å². The topological polar surface area (TPSA) is 9.72 Å². The highest BCUT2D eigenvalue weighted by atomic mass is 15.3. The largest absolute Gasteiger partial charge is 0.354 e. The molecule has 0 aliphatic carbocycles. The van der Waals surface area contributed by atoms with E-state index in [9.17, 15) is 0 Å². The predicted octanol–water partition coefficient (Wildman–Crippen LogP) is 14.4. The molecule has 1 fully saturated rings. The summed E-state index contributed by atoms with van der Waals surface area (Å²) in [4.78, 5) is 7.74. The molecule has 294 valence electrons. The van der Waals surface area contributed by atoms with Crippen molar-refractivity contribution >= 4 is 0 Å². The first kappa shape index (κ1) is 47.2. The van der Waals surface area contributed by atoms with Crippen LogP contribution in [0, 0.1) is 0 Å². The Morgan fingerprint density at radius 1 is 0.529 bits per heavy atom. The third-order valence-corrected chi connectivity index (χ3v) is 10.6. The van der Waals surface area contributed by atoms with Crippen molar-refractivity contribution in [3.8, 4) is 0 Å². The third kappa shape index (κ3) is 30.3. The smallest absolute Gasteiger partial charge is 0.0346 e. The van der Waals surface area contributed by atoms with Gasteiger partial charge in [-0.2, -0.15) is 0 Å². The molecule has 0 bridgehead atoms. The molecule has 0 atom stereocenters. The summed E-state index contributed by atoms with van der Waals surface area (Å²) in [5.41, 5.74) is 0. The summed E-state index contributed by atoms with van der Waals surface area (Å²) in [5.74, 6) is 0. The minimum atomic E-state index is 0.788. The molecular formula is C48H87N3. The zero-order valence-corrected chi connectivity index (χ0v) is 34.6. The number of piperazine rings is 1. The lowest BCUT2D eigenvalue weighted by Crippen LogP contribution is -2.51. The molecule has 1 aliphatic rings. The lowest BCUT2D eigenvalue weighted by atomic mass is 9.98. The monoisotopic (exact) mass is 706 g/mol. The normalized spacial score (nSPS) is 15.0. The van der Waals surface area contributed by atoms with Gasteiger partial charge in [0.15, 0.2) is 0 Å². The fraction of sp³-hybridized carbons (Fsp3) is 0.750. The Kier molecular flexibility index (Phi) is 35.1. The Morgan fingerprint density at radius 3 is 1.35 bits per heavy atom. The van der Waals surface area contributed by atoms with Crippen LogP contribution in [0.1, 0.15) is 188 Å². The molecule has 0 amide bonds. The van der Waals surface area contributed by atoms with Crippen molar-refractivity contribution in [2.45, 2.75) is 194 Å². The Balaban J connectivity index is 2.28. The van der Waals surface area contributed by atoms with Crippen LogP contribution in [0.5, 0.6) is 0 Å². The number of hydrogen-bond donors (Lipinski definition) is 0. The van der Waals surface area contributed by atoms with Crippen molar-refractivity contribution in [2.24, 2.45) is 0 Å². The number of unbranched alkanes of at least 4 members (excludes halogenated alkanes) is 18. The van der Waals surface area contributed by atoms with Gasteiger partial charge < -0.3 is 4.90 Å². The summed E-state index contributed by atoms with van der Waals surface area (Å²) in [6.45, 7) is 17.7. The second kappa shape index (κ2) is 37.9. The van der Waals surface area contributed by atoms with Gasteiger partial charge in [0, 0.05) is 45.3 Å². The van der Waals surface area contributed by atoms with Crippen molar-refractivity contribution in [2.75, 3.05) is 39.3 Å². The Bertz CT molecular complexity index is 827. The molecule has 1 rings (SSSR count). The molecule has 0 saturated carbocycles. The second-order valence-electron chi connectivity index (χ2n) is 15.2. The second-order valence-corrected chi connectivity index (χ2v) is 15.2. The highest BCUT2D eigenvalue weighted by Crippen LogP contribution is 2.21. The van der Waals surface area contributed by atoms with Crippen LogP contribution < -0.4 is 0 Å². The first-order valence-corrected chi connectivity index (χ1v) is 22.3. The molecule has 1 aliphatic heterocycles. The van der Waals surface area contributed by atoms with Gasteiger partial charge in [0.05, 0.1) is 0 Å². The zero-order valence-electron chi connectivity index (χ0n) is 34.6. The molecule has 0 aromatic carbocycles. The van der Waals surface area contributed by atoms with E-state index in [1.54, 1.807) is 0 Å². The molecule has 0 aromatic rings. The quantitative estimate of drug-likeness (QED) is 0.0475. The fourth-order valence-corrected chi connectivity index (χ4v) is 7.27. The molecule has 0 radical (unpaired) electrons. The maximum Gasteiger partial charge on any atom is 0.0346 e. The van der Waals surface area contributed by atoms with E-state index in [2.05, 4.69) is 103 Å². The van der Waals surface area contributed by atoms with Crippen molar-refractivity contribution in [3.63, 3.8) is 0 Å². The van der Waals surface area contributed by atoms with Crippen molar-refractivity contribution in [1.29, 1.82) is 0 Å². The Morgan fingerprint density at radius 2 is 0.941 bits per heavy atom. The van der Waals surface area contributed by atoms with Crippen LogP contribution >= 0.6 is 0 Å². The summed E-state index contributed by atoms with van der Waals surface area (Å²) >= 11 is 0. The van der Waals surface area contributed by atoms with E-state index in [-0.39, 0.29) is 0 Å². The van der Waals surface area contributed by atoms with E-state index in [4.69, 9.17) is 0 Å². The van der Waals surface area contributed by atoms with E-state index >= 15 is 0 Å². The van der Waals surface area contributed by atoms with Crippen LogP contribution in [0.3, 0.4) is 0 Å². The highest BCUT2D eigenvalue weighted by molar-refractivity contribution is 4.94. The average molecular weight is 706 g/mol. The summed E-state index contributed by atoms with van der Waals surface area (Å²) in [5, 5.41) is 0. The molecule has 51 heavy (non-hydrogen) atoms. The van der Waals surface area contributed by atoms with E-state index in [1.165, 1.54) is 180 Å². The maximum atomic E-state index is 3.98. The number of rotatable bonds is 36. The van der Waals surface area contributed by atoms with Gasteiger partial charge in [-0.25, -0.2) is 0 Å². The lowest BCUT2D eigenvalue weighted by Gasteiger charge is -2.40. The molecular weight excluding hydrogens is 619 g/mol. The molecule has 1 heterocycles. The van der Waals surface area contributed by atoms with Gasteiger partial charge >= 0.3 is 0 Å². The van der Waals surface area contributed by atoms with Gasteiger partial charge in [-0.05, 0) is 96.4 Å². The summed E-state index contributed by atoms with van der Waals surface area (Å²) in [6.07, 6.45) is 60.1. The van der Waals surface area contributed by atoms with Gasteiger partial charge in [-0.3, -0.25) is 9.80 Å². The number of nitrogens with zero attached hydrogens (tertiary/aromatic N) is 3. The van der Waals surface area contributed by atoms with Crippen LogP contribution in [-0.4, -0.2) is 60.0 Å². The van der Waals surface area contributed by atoms with Crippen molar-refractivity contribution in [1.82, 2.24) is 14.7 Å². The Labute approximate surface area is 320 Å². The predicted molar refractivity (Wildman–Crippen MR) is 231 cm³/mol. The molecule has 3 nitrogen and oxygen atoms in total. The van der Waals surface area contributed by atoms with Gasteiger partial charge in [0.1, 0.15) is 0 Å². The summed E-state index contributed by atoms with van der Waals surface area (Å²) in [7, 11) is 0. The lowest BCUT2D eigenvalue weighted by molar-refractivity contribution is 0.0835. The average Bonchev–Trinajstić information content (AvgIpc) is 3.15. The number of allylic oxidation sites excluding steroid dienone is 9. The molecule has 0 aromatic heterocycles. The van der Waals surface area contributed by atoms with Crippen LogP contribution in [0.25, 0.3) is 0 Å². The van der Waals surface area contributed by atoms with Crippen LogP contribution in [0.2, 0.25) is 0 Å². The summed E-state index contributed by atoms with van der Waals surface area (Å²) in [6, 6.07) is 0.788. The van der Waals surface area contributed by atoms with E-state index in [0.29, 0.717) is 0 Å². The maximum absolute atomic E-state index is 3.98. The van der Waals surface area contributed by atoms with Crippen LogP contribution in [-0.2, 0) is 0 Å². The van der Waals surface area contributed by atoms with Crippen molar-refractivity contribution in [3.05, 3.63) is 73.7 Å². The van der Waals surface area contributed by atoms with E-state index in [0.717, 1.165) is 32.0 Å². The molecule has 0 spiro atoms.